The molecule has 0 radical (unpaired) electrons. The summed E-state index contributed by atoms with van der Waals surface area (Å²) in [6.45, 7) is 11.0. The van der Waals surface area contributed by atoms with E-state index in [0.717, 1.165) is 33.8 Å². The summed E-state index contributed by atoms with van der Waals surface area (Å²) in [5.41, 5.74) is 11.3. The van der Waals surface area contributed by atoms with Crippen LogP contribution in [-0.2, 0) is 7.05 Å². The van der Waals surface area contributed by atoms with Gasteiger partial charge < -0.3 is 4.57 Å². The Hall–Kier alpha value is -3.98. The molecule has 0 spiro atoms. The molecule has 3 nitrogen and oxygen atoms in total. The molecule has 0 saturated heterocycles. The first-order valence-electron chi connectivity index (χ1n) is 13.2. The van der Waals surface area contributed by atoms with Crippen molar-refractivity contribution in [2.75, 3.05) is 0 Å². The van der Waals surface area contributed by atoms with Crippen LogP contribution in [0.3, 0.4) is 0 Å². The van der Waals surface area contributed by atoms with Gasteiger partial charge in [-0.05, 0) is 41.0 Å². The Kier molecular flexibility index (Phi) is 6.80. The van der Waals surface area contributed by atoms with Crippen LogP contribution in [0, 0.1) is 0 Å². The zero-order valence-electron chi connectivity index (χ0n) is 22.7. The van der Waals surface area contributed by atoms with E-state index < -0.39 is 0 Å². The number of aryl methyl sites for hydroxylation is 1. The van der Waals surface area contributed by atoms with E-state index in [1.54, 1.807) is 0 Å². The third-order valence-electron chi connectivity index (χ3n) is 7.14. The molecule has 5 rings (SSSR count). The Balaban J connectivity index is 1.77. The van der Waals surface area contributed by atoms with Crippen LogP contribution in [0.1, 0.15) is 63.4 Å². The number of nitrogens with zero attached hydrogens (tertiary/aromatic N) is 3. The Morgan fingerprint density at radius 3 is 1.73 bits per heavy atom. The zero-order chi connectivity index (χ0) is 26.1. The fourth-order valence-corrected chi connectivity index (χ4v) is 5.20. The Labute approximate surface area is 220 Å². The molecular weight excluding hydrogens is 450 g/mol. The van der Waals surface area contributed by atoms with E-state index in [-0.39, 0.29) is 0 Å². The van der Waals surface area contributed by atoms with Crippen molar-refractivity contribution in [1.29, 1.82) is 0 Å². The van der Waals surface area contributed by atoms with E-state index in [4.69, 9.17) is 9.98 Å². The molecular formula is C34H35N3. The first-order chi connectivity index (χ1) is 17.9. The van der Waals surface area contributed by atoms with Crippen molar-refractivity contribution in [3.8, 4) is 22.3 Å². The zero-order valence-corrected chi connectivity index (χ0v) is 22.7. The number of aromatic nitrogens is 2. The molecule has 0 aliphatic rings. The van der Waals surface area contributed by atoms with Gasteiger partial charge in [-0.15, -0.1) is 0 Å². The summed E-state index contributed by atoms with van der Waals surface area (Å²) in [6, 6.07) is 32.1. The molecule has 0 amide bonds. The highest BCUT2D eigenvalue weighted by molar-refractivity contribution is 6.06. The minimum atomic E-state index is 0.389. The van der Waals surface area contributed by atoms with Crippen LogP contribution in [0.15, 0.2) is 96.0 Å². The van der Waals surface area contributed by atoms with Gasteiger partial charge in [0.2, 0.25) is 0 Å². The Morgan fingerprint density at radius 1 is 0.676 bits per heavy atom. The molecule has 1 heterocycles. The summed E-state index contributed by atoms with van der Waals surface area (Å²) in [5, 5.41) is 0. The van der Waals surface area contributed by atoms with Gasteiger partial charge in [0.1, 0.15) is 0 Å². The van der Waals surface area contributed by atoms with Crippen molar-refractivity contribution in [3.05, 3.63) is 108 Å². The fraction of sp³-hybridized carbons (Fsp3) is 0.235. The van der Waals surface area contributed by atoms with Gasteiger partial charge >= 0.3 is 0 Å². The highest BCUT2D eigenvalue weighted by atomic mass is 15.1. The highest BCUT2D eigenvalue weighted by Crippen LogP contribution is 2.38. The number of benzene rings is 4. The van der Waals surface area contributed by atoms with Crippen LogP contribution in [0.25, 0.3) is 33.3 Å². The second kappa shape index (κ2) is 10.2. The van der Waals surface area contributed by atoms with Gasteiger partial charge in [0.25, 0.3) is 0 Å². The minimum absolute atomic E-state index is 0.389. The van der Waals surface area contributed by atoms with Gasteiger partial charge in [-0.2, -0.15) is 0 Å². The molecule has 0 bridgehead atoms. The van der Waals surface area contributed by atoms with Gasteiger partial charge in [-0.1, -0.05) is 119 Å². The lowest BCUT2D eigenvalue weighted by Crippen LogP contribution is -2.06. The fourth-order valence-electron chi connectivity index (χ4n) is 5.20. The molecule has 0 atom stereocenters. The average Bonchev–Trinajstić information content (AvgIpc) is 3.26. The number of hydrogen-bond acceptors (Lipinski definition) is 2. The number of para-hydroxylation sites is 1. The molecule has 0 fully saturated rings. The maximum Gasteiger partial charge on any atom is 0.155 e. The van der Waals surface area contributed by atoms with Gasteiger partial charge in [-0.3, -0.25) is 0 Å². The Morgan fingerprint density at radius 2 is 1.19 bits per heavy atom. The monoisotopic (exact) mass is 485 g/mol. The normalized spacial score (nSPS) is 12.2. The van der Waals surface area contributed by atoms with Crippen molar-refractivity contribution in [3.63, 3.8) is 0 Å². The van der Waals surface area contributed by atoms with Crippen LogP contribution in [0.4, 0.5) is 5.69 Å². The standard InChI is InChI=1S/C34H35N3/c1-22(2)27-18-13-19-28(23(3)4)31(27)35-24(5)34-36-32-29(25-14-9-7-10-15-25)20-21-30(33(32)37(34)6)26-16-11-8-12-17-26/h7-23H,1-6H3/b35-24+. The third-order valence-corrected chi connectivity index (χ3v) is 7.14. The van der Waals surface area contributed by atoms with E-state index >= 15 is 0 Å². The summed E-state index contributed by atoms with van der Waals surface area (Å²) in [4.78, 5) is 10.5. The van der Waals surface area contributed by atoms with E-state index in [9.17, 15) is 0 Å². The topological polar surface area (TPSA) is 30.2 Å². The highest BCUT2D eigenvalue weighted by Gasteiger charge is 2.20. The summed E-state index contributed by atoms with van der Waals surface area (Å²) >= 11 is 0. The number of hydrogen-bond donors (Lipinski definition) is 0. The van der Waals surface area contributed by atoms with E-state index in [0.29, 0.717) is 11.8 Å². The molecule has 37 heavy (non-hydrogen) atoms. The quantitative estimate of drug-likeness (QED) is 0.220. The summed E-state index contributed by atoms with van der Waals surface area (Å²) in [6.07, 6.45) is 0. The third kappa shape index (κ3) is 4.62. The van der Waals surface area contributed by atoms with Crippen molar-refractivity contribution in [2.24, 2.45) is 12.0 Å². The number of imidazole rings is 1. The lowest BCUT2D eigenvalue weighted by atomic mass is 9.93. The number of fused-ring (bicyclic) bond motifs is 1. The summed E-state index contributed by atoms with van der Waals surface area (Å²) in [5.74, 6) is 1.67. The Bertz CT molecular complexity index is 1550. The number of aliphatic imine (C=N–C) groups is 1. The van der Waals surface area contributed by atoms with Crippen molar-refractivity contribution in [1.82, 2.24) is 9.55 Å². The SMILES string of the molecule is C/C(=N\c1c(C(C)C)cccc1C(C)C)c1nc2c(-c3ccccc3)ccc(-c3ccccc3)c2n1C. The molecule has 1 aromatic heterocycles. The van der Waals surface area contributed by atoms with Crippen LogP contribution in [-0.4, -0.2) is 15.3 Å². The van der Waals surface area contributed by atoms with Crippen LogP contribution < -0.4 is 0 Å². The molecule has 0 saturated carbocycles. The van der Waals surface area contributed by atoms with Crippen LogP contribution in [0.2, 0.25) is 0 Å². The molecule has 0 aliphatic carbocycles. The predicted molar refractivity (Wildman–Crippen MR) is 158 cm³/mol. The van der Waals surface area contributed by atoms with Crippen molar-refractivity contribution < 1.29 is 0 Å². The van der Waals surface area contributed by atoms with Crippen LogP contribution >= 0.6 is 0 Å². The second-order valence-electron chi connectivity index (χ2n) is 10.4. The predicted octanol–water partition coefficient (Wildman–Crippen LogP) is 9.29. The van der Waals surface area contributed by atoms with E-state index in [1.165, 1.54) is 27.8 Å². The molecule has 3 heteroatoms. The first kappa shape index (κ1) is 24.7. The van der Waals surface area contributed by atoms with Crippen molar-refractivity contribution in [2.45, 2.75) is 46.5 Å². The van der Waals surface area contributed by atoms with Gasteiger partial charge in [0.05, 0.1) is 22.4 Å². The molecule has 0 unspecified atom stereocenters. The molecule has 0 aliphatic heterocycles. The van der Waals surface area contributed by atoms with E-state index in [2.05, 4.69) is 137 Å². The van der Waals surface area contributed by atoms with Crippen molar-refractivity contribution >= 4 is 22.4 Å². The number of rotatable bonds is 6. The minimum Gasteiger partial charge on any atom is -0.326 e. The lowest BCUT2D eigenvalue weighted by Gasteiger charge is -2.17. The molecule has 186 valence electrons. The maximum atomic E-state index is 5.27. The summed E-state index contributed by atoms with van der Waals surface area (Å²) in [7, 11) is 2.11. The lowest BCUT2D eigenvalue weighted by molar-refractivity contribution is 0.834. The summed E-state index contributed by atoms with van der Waals surface area (Å²) < 4.78 is 2.22. The maximum absolute atomic E-state index is 5.27. The molecule has 0 N–H and O–H groups in total. The molecule has 4 aromatic carbocycles. The average molecular weight is 486 g/mol. The second-order valence-corrected chi connectivity index (χ2v) is 10.4. The van der Waals surface area contributed by atoms with Gasteiger partial charge in [-0.25, -0.2) is 9.98 Å². The van der Waals surface area contributed by atoms with E-state index in [1.807, 2.05) is 0 Å². The van der Waals surface area contributed by atoms with Gasteiger partial charge in [0, 0.05) is 18.2 Å². The largest absolute Gasteiger partial charge is 0.326 e. The van der Waals surface area contributed by atoms with Crippen LogP contribution in [0.5, 0.6) is 0 Å². The molecule has 5 aromatic rings. The van der Waals surface area contributed by atoms with Gasteiger partial charge in [0.15, 0.2) is 5.82 Å². The smallest absolute Gasteiger partial charge is 0.155 e. The first-order valence-corrected chi connectivity index (χ1v) is 13.2.